The number of rotatable bonds is 1. The third-order valence-electron chi connectivity index (χ3n) is 2.83. The molecule has 0 saturated heterocycles. The van der Waals surface area contributed by atoms with Gasteiger partial charge in [-0.15, -0.1) is 0 Å². The number of fused-ring (bicyclic) bond motifs is 1. The van der Waals surface area contributed by atoms with E-state index in [2.05, 4.69) is 32.6 Å². The Morgan fingerprint density at radius 3 is 2.74 bits per heavy atom. The Kier molecular flexibility index (Phi) is 2.98. The highest BCUT2D eigenvalue weighted by Crippen LogP contribution is 2.25. The Labute approximate surface area is 122 Å². The van der Waals surface area contributed by atoms with E-state index in [-0.39, 0.29) is 11.3 Å². The number of hydrogen-bond acceptors (Lipinski definition) is 3. The Bertz CT molecular complexity index is 827. The molecule has 2 N–H and O–H groups in total. The van der Waals surface area contributed by atoms with Crippen LogP contribution in [0.5, 0.6) is 5.75 Å². The van der Waals surface area contributed by atoms with Crippen molar-refractivity contribution in [3.63, 3.8) is 0 Å². The first-order chi connectivity index (χ1) is 9.15. The zero-order chi connectivity index (χ0) is 13.4. The van der Waals surface area contributed by atoms with E-state index in [0.717, 1.165) is 3.57 Å². The molecule has 3 aromatic rings. The molecule has 0 fully saturated rings. The van der Waals surface area contributed by atoms with Gasteiger partial charge in [0.05, 0.1) is 16.5 Å². The van der Waals surface area contributed by atoms with E-state index in [0.29, 0.717) is 22.3 Å². The standard InChI is InChI=1S/C14H9IN2O2/c15-8-5-6-11-10(7-8)14(19)17-13(16-11)9-3-1-2-4-12(9)18/h1-7,18H,(H,16,17,19). The molecular weight excluding hydrogens is 355 g/mol. The van der Waals surface area contributed by atoms with E-state index in [1.165, 1.54) is 0 Å². The number of nitrogens with zero attached hydrogens (tertiary/aromatic N) is 1. The number of aromatic nitrogens is 2. The summed E-state index contributed by atoms with van der Waals surface area (Å²) < 4.78 is 0.979. The summed E-state index contributed by atoms with van der Waals surface area (Å²) in [6, 6.07) is 12.3. The number of phenolic OH excluding ortho intramolecular Hbond substituents is 1. The summed E-state index contributed by atoms with van der Waals surface area (Å²) in [5.41, 5.74) is 0.921. The van der Waals surface area contributed by atoms with Crippen LogP contribution < -0.4 is 5.56 Å². The lowest BCUT2D eigenvalue weighted by Crippen LogP contribution is -2.09. The molecule has 2 aromatic carbocycles. The summed E-state index contributed by atoms with van der Waals surface area (Å²) >= 11 is 2.15. The molecule has 4 nitrogen and oxygen atoms in total. The molecule has 1 heterocycles. The monoisotopic (exact) mass is 364 g/mol. The largest absolute Gasteiger partial charge is 0.507 e. The highest BCUT2D eigenvalue weighted by atomic mass is 127. The van der Waals surface area contributed by atoms with Gasteiger partial charge in [0.1, 0.15) is 11.6 Å². The summed E-state index contributed by atoms with van der Waals surface area (Å²) in [5, 5.41) is 10.4. The minimum absolute atomic E-state index is 0.0931. The van der Waals surface area contributed by atoms with Gasteiger partial charge in [-0.25, -0.2) is 4.98 Å². The van der Waals surface area contributed by atoms with Gasteiger partial charge in [0.25, 0.3) is 5.56 Å². The average Bonchev–Trinajstić information content (AvgIpc) is 2.40. The molecule has 0 amide bonds. The van der Waals surface area contributed by atoms with Crippen LogP contribution in [0.3, 0.4) is 0 Å². The minimum Gasteiger partial charge on any atom is -0.507 e. The van der Waals surface area contributed by atoms with Crippen LogP contribution in [-0.4, -0.2) is 15.1 Å². The maximum absolute atomic E-state index is 12.1. The van der Waals surface area contributed by atoms with Gasteiger partial charge in [0.2, 0.25) is 0 Å². The number of aromatic amines is 1. The van der Waals surface area contributed by atoms with Crippen molar-refractivity contribution in [1.29, 1.82) is 0 Å². The van der Waals surface area contributed by atoms with Crippen LogP contribution in [0.1, 0.15) is 0 Å². The van der Waals surface area contributed by atoms with Crippen LogP contribution in [-0.2, 0) is 0 Å². The predicted molar refractivity (Wildman–Crippen MR) is 82.2 cm³/mol. The normalized spacial score (nSPS) is 10.8. The summed E-state index contributed by atoms with van der Waals surface area (Å²) in [7, 11) is 0. The number of para-hydroxylation sites is 1. The van der Waals surface area contributed by atoms with Crippen LogP contribution in [0.2, 0.25) is 0 Å². The van der Waals surface area contributed by atoms with Crippen molar-refractivity contribution in [3.05, 3.63) is 56.4 Å². The quantitative estimate of drug-likeness (QED) is 0.653. The highest BCUT2D eigenvalue weighted by molar-refractivity contribution is 14.1. The molecule has 0 bridgehead atoms. The Morgan fingerprint density at radius 1 is 1.16 bits per heavy atom. The second kappa shape index (κ2) is 4.65. The molecule has 0 unspecified atom stereocenters. The van der Waals surface area contributed by atoms with Crippen LogP contribution in [0, 0.1) is 3.57 Å². The second-order valence-corrected chi connectivity index (χ2v) is 5.34. The molecule has 0 atom stereocenters. The number of H-pyrrole nitrogens is 1. The minimum atomic E-state index is -0.207. The lowest BCUT2D eigenvalue weighted by Gasteiger charge is -2.05. The van der Waals surface area contributed by atoms with Crippen LogP contribution in [0.4, 0.5) is 0 Å². The lowest BCUT2D eigenvalue weighted by molar-refractivity contribution is 0.477. The van der Waals surface area contributed by atoms with Gasteiger partial charge in [0, 0.05) is 3.57 Å². The molecule has 0 radical (unpaired) electrons. The van der Waals surface area contributed by atoms with E-state index in [9.17, 15) is 9.90 Å². The average molecular weight is 364 g/mol. The zero-order valence-electron chi connectivity index (χ0n) is 9.72. The van der Waals surface area contributed by atoms with Gasteiger partial charge in [0.15, 0.2) is 0 Å². The molecule has 94 valence electrons. The Morgan fingerprint density at radius 2 is 1.95 bits per heavy atom. The summed E-state index contributed by atoms with van der Waals surface area (Å²) in [6.45, 7) is 0. The molecule has 0 aliphatic carbocycles. The van der Waals surface area contributed by atoms with Crippen molar-refractivity contribution in [2.24, 2.45) is 0 Å². The molecule has 0 aliphatic heterocycles. The topological polar surface area (TPSA) is 66.0 Å². The molecule has 0 saturated carbocycles. The zero-order valence-corrected chi connectivity index (χ0v) is 11.9. The number of halogens is 1. The molecule has 0 spiro atoms. The maximum Gasteiger partial charge on any atom is 0.259 e. The molecule has 1 aromatic heterocycles. The van der Waals surface area contributed by atoms with Crippen molar-refractivity contribution in [2.45, 2.75) is 0 Å². The fourth-order valence-electron chi connectivity index (χ4n) is 1.91. The fraction of sp³-hybridized carbons (Fsp3) is 0. The van der Waals surface area contributed by atoms with Gasteiger partial charge < -0.3 is 10.1 Å². The summed E-state index contributed by atoms with van der Waals surface area (Å²) in [4.78, 5) is 19.1. The van der Waals surface area contributed by atoms with Crippen molar-refractivity contribution in [2.75, 3.05) is 0 Å². The van der Waals surface area contributed by atoms with Gasteiger partial charge in [-0.05, 0) is 52.9 Å². The van der Waals surface area contributed by atoms with Crippen LogP contribution >= 0.6 is 22.6 Å². The van der Waals surface area contributed by atoms with Gasteiger partial charge in [-0.1, -0.05) is 12.1 Å². The van der Waals surface area contributed by atoms with Crippen LogP contribution in [0.25, 0.3) is 22.3 Å². The molecule has 0 aliphatic rings. The molecule has 19 heavy (non-hydrogen) atoms. The van der Waals surface area contributed by atoms with Gasteiger partial charge in [-0.2, -0.15) is 0 Å². The SMILES string of the molecule is O=c1[nH]c(-c2ccccc2O)nc2ccc(I)cc12. The molecule has 3 rings (SSSR count). The van der Waals surface area contributed by atoms with Crippen molar-refractivity contribution >= 4 is 33.5 Å². The summed E-state index contributed by atoms with van der Waals surface area (Å²) in [5.74, 6) is 0.465. The fourth-order valence-corrected chi connectivity index (χ4v) is 2.40. The number of phenols is 1. The van der Waals surface area contributed by atoms with E-state index in [1.54, 1.807) is 36.4 Å². The number of benzene rings is 2. The van der Waals surface area contributed by atoms with E-state index in [1.807, 2.05) is 6.07 Å². The first-order valence-corrected chi connectivity index (χ1v) is 6.71. The van der Waals surface area contributed by atoms with Crippen molar-refractivity contribution < 1.29 is 5.11 Å². The third kappa shape index (κ3) is 2.21. The van der Waals surface area contributed by atoms with E-state index >= 15 is 0 Å². The molecular formula is C14H9IN2O2. The number of aromatic hydroxyl groups is 1. The number of nitrogens with one attached hydrogen (secondary N) is 1. The Hall–Kier alpha value is -1.89. The number of hydrogen-bond donors (Lipinski definition) is 2. The lowest BCUT2D eigenvalue weighted by atomic mass is 10.1. The first kappa shape index (κ1) is 12.2. The van der Waals surface area contributed by atoms with Crippen molar-refractivity contribution in [3.8, 4) is 17.1 Å². The summed E-state index contributed by atoms with van der Waals surface area (Å²) in [6.07, 6.45) is 0. The second-order valence-electron chi connectivity index (χ2n) is 4.09. The van der Waals surface area contributed by atoms with Crippen LogP contribution in [0.15, 0.2) is 47.3 Å². The first-order valence-electron chi connectivity index (χ1n) is 5.63. The maximum atomic E-state index is 12.1. The third-order valence-corrected chi connectivity index (χ3v) is 3.50. The smallest absolute Gasteiger partial charge is 0.259 e. The predicted octanol–water partition coefficient (Wildman–Crippen LogP) is 2.90. The van der Waals surface area contributed by atoms with Crippen molar-refractivity contribution in [1.82, 2.24) is 9.97 Å². The highest BCUT2D eigenvalue weighted by Gasteiger charge is 2.09. The van der Waals surface area contributed by atoms with E-state index < -0.39 is 0 Å². The van der Waals surface area contributed by atoms with E-state index in [4.69, 9.17) is 0 Å². The van der Waals surface area contributed by atoms with Gasteiger partial charge >= 0.3 is 0 Å². The van der Waals surface area contributed by atoms with Gasteiger partial charge in [-0.3, -0.25) is 4.79 Å². The molecule has 5 heteroatoms. The Balaban J connectivity index is 2.31.